The van der Waals surface area contributed by atoms with Crippen LogP contribution in [0.1, 0.15) is 74.0 Å². The van der Waals surface area contributed by atoms with E-state index in [0.717, 1.165) is 44.3 Å². The summed E-state index contributed by atoms with van der Waals surface area (Å²) in [6.45, 7) is 2.74. The standard InChI is InChI=1S/C22H32N4O5/c1-2-30-22(29)16-12-26(21(28)14-5-7-15(23)8-6-14)10-9-17(16)24-20(27)18-11-19(31-25-18)13-3-4-13/h11,13-17H,2-10,12,23H2,1H3,(H,24,27)/t14-,15-,16?,17?. The third-order valence-electron chi connectivity index (χ3n) is 6.69. The highest BCUT2D eigenvalue weighted by Gasteiger charge is 2.40. The van der Waals surface area contributed by atoms with Gasteiger partial charge in [0, 0.05) is 43.1 Å². The van der Waals surface area contributed by atoms with Gasteiger partial charge in [0.1, 0.15) is 5.76 Å². The van der Waals surface area contributed by atoms with Crippen molar-refractivity contribution in [2.24, 2.45) is 17.6 Å². The van der Waals surface area contributed by atoms with Gasteiger partial charge >= 0.3 is 5.97 Å². The summed E-state index contributed by atoms with van der Waals surface area (Å²) in [5, 5.41) is 6.81. The van der Waals surface area contributed by atoms with Crippen LogP contribution in [0.3, 0.4) is 0 Å². The summed E-state index contributed by atoms with van der Waals surface area (Å²) in [5.74, 6) is -0.223. The fourth-order valence-corrected chi connectivity index (χ4v) is 4.64. The lowest BCUT2D eigenvalue weighted by atomic mass is 9.84. The summed E-state index contributed by atoms with van der Waals surface area (Å²) in [4.78, 5) is 40.2. The summed E-state index contributed by atoms with van der Waals surface area (Å²) in [6.07, 6.45) is 5.88. The molecular weight excluding hydrogens is 400 g/mol. The van der Waals surface area contributed by atoms with E-state index < -0.39 is 17.9 Å². The maximum absolute atomic E-state index is 13.0. The molecule has 1 aromatic heterocycles. The van der Waals surface area contributed by atoms with Crippen LogP contribution in [0, 0.1) is 11.8 Å². The number of likely N-dealkylation sites (tertiary alicyclic amines) is 1. The fourth-order valence-electron chi connectivity index (χ4n) is 4.64. The smallest absolute Gasteiger partial charge is 0.312 e. The van der Waals surface area contributed by atoms with Crippen molar-refractivity contribution in [1.82, 2.24) is 15.4 Å². The molecule has 3 aliphatic rings. The lowest BCUT2D eigenvalue weighted by molar-refractivity contribution is -0.153. The predicted octanol–water partition coefficient (Wildman–Crippen LogP) is 1.58. The molecule has 2 unspecified atom stereocenters. The number of piperidine rings is 1. The summed E-state index contributed by atoms with van der Waals surface area (Å²) in [6, 6.07) is 1.43. The lowest BCUT2D eigenvalue weighted by Crippen LogP contribution is -2.56. The molecule has 0 spiro atoms. The maximum Gasteiger partial charge on any atom is 0.312 e. The van der Waals surface area contributed by atoms with E-state index >= 15 is 0 Å². The molecule has 2 aliphatic carbocycles. The Bertz CT molecular complexity index is 813. The molecule has 2 heterocycles. The van der Waals surface area contributed by atoms with Crippen molar-refractivity contribution in [2.45, 2.75) is 69.9 Å². The van der Waals surface area contributed by atoms with Crippen molar-refractivity contribution in [3.63, 3.8) is 0 Å². The predicted molar refractivity (Wildman–Crippen MR) is 111 cm³/mol. The molecule has 1 saturated heterocycles. The number of carbonyl (C=O) groups is 3. The molecule has 3 fully saturated rings. The van der Waals surface area contributed by atoms with Crippen LogP contribution in [0.5, 0.6) is 0 Å². The van der Waals surface area contributed by atoms with Gasteiger partial charge in [0.2, 0.25) is 5.91 Å². The highest BCUT2D eigenvalue weighted by molar-refractivity contribution is 5.93. The first-order chi connectivity index (χ1) is 15.0. The average Bonchev–Trinajstić information content (AvgIpc) is 3.50. The summed E-state index contributed by atoms with van der Waals surface area (Å²) >= 11 is 0. The van der Waals surface area contributed by atoms with Crippen LogP contribution in [-0.4, -0.2) is 59.6 Å². The SMILES string of the molecule is CCOC(=O)C1CN(C(=O)[C@H]2CC[C@H](N)CC2)CCC1NC(=O)c1cc(C2CC2)on1. The van der Waals surface area contributed by atoms with Gasteiger partial charge in [-0.15, -0.1) is 0 Å². The number of aromatic nitrogens is 1. The number of amides is 2. The van der Waals surface area contributed by atoms with Gasteiger partial charge in [-0.05, 0) is 51.9 Å². The fraction of sp³-hybridized carbons (Fsp3) is 0.727. The van der Waals surface area contributed by atoms with E-state index in [1.165, 1.54) is 0 Å². The highest BCUT2D eigenvalue weighted by atomic mass is 16.5. The number of hydrogen-bond acceptors (Lipinski definition) is 7. The van der Waals surface area contributed by atoms with E-state index in [2.05, 4.69) is 10.5 Å². The molecule has 2 amide bonds. The van der Waals surface area contributed by atoms with E-state index in [1.54, 1.807) is 17.9 Å². The minimum absolute atomic E-state index is 0.0373. The van der Waals surface area contributed by atoms with Crippen molar-refractivity contribution in [1.29, 1.82) is 0 Å². The summed E-state index contributed by atoms with van der Waals surface area (Å²) in [5.41, 5.74) is 6.19. The van der Waals surface area contributed by atoms with Gasteiger partial charge in [-0.3, -0.25) is 14.4 Å². The molecular formula is C22H32N4O5. The molecule has 170 valence electrons. The monoisotopic (exact) mass is 432 g/mol. The Hall–Kier alpha value is -2.42. The zero-order chi connectivity index (χ0) is 22.0. The van der Waals surface area contributed by atoms with Crippen LogP contribution in [-0.2, 0) is 14.3 Å². The van der Waals surface area contributed by atoms with Crippen LogP contribution >= 0.6 is 0 Å². The Morgan fingerprint density at radius 3 is 2.61 bits per heavy atom. The Kier molecular flexibility index (Phi) is 6.60. The van der Waals surface area contributed by atoms with E-state index in [4.69, 9.17) is 15.0 Å². The second-order valence-corrected chi connectivity index (χ2v) is 9.01. The molecule has 1 aromatic rings. The average molecular weight is 433 g/mol. The van der Waals surface area contributed by atoms with Gasteiger partial charge in [-0.1, -0.05) is 5.16 Å². The zero-order valence-electron chi connectivity index (χ0n) is 18.0. The Labute approximate surface area is 182 Å². The molecule has 9 heteroatoms. The Morgan fingerprint density at radius 1 is 1.19 bits per heavy atom. The quantitative estimate of drug-likeness (QED) is 0.653. The van der Waals surface area contributed by atoms with Gasteiger partial charge in [-0.2, -0.15) is 0 Å². The van der Waals surface area contributed by atoms with Crippen molar-refractivity contribution in [3.05, 3.63) is 17.5 Å². The largest absolute Gasteiger partial charge is 0.466 e. The van der Waals surface area contributed by atoms with E-state index in [-0.39, 0.29) is 42.6 Å². The van der Waals surface area contributed by atoms with Crippen LogP contribution in [0.4, 0.5) is 0 Å². The summed E-state index contributed by atoms with van der Waals surface area (Å²) in [7, 11) is 0. The van der Waals surface area contributed by atoms with Crippen LogP contribution in [0.25, 0.3) is 0 Å². The highest BCUT2D eigenvalue weighted by Crippen LogP contribution is 2.40. The number of nitrogens with one attached hydrogen (secondary N) is 1. The molecule has 4 rings (SSSR count). The molecule has 0 aromatic carbocycles. The van der Waals surface area contributed by atoms with Gasteiger partial charge in [0.05, 0.1) is 12.5 Å². The maximum atomic E-state index is 13.0. The second kappa shape index (κ2) is 9.38. The van der Waals surface area contributed by atoms with Crippen molar-refractivity contribution >= 4 is 17.8 Å². The third-order valence-corrected chi connectivity index (χ3v) is 6.69. The molecule has 2 saturated carbocycles. The molecule has 31 heavy (non-hydrogen) atoms. The van der Waals surface area contributed by atoms with E-state index in [9.17, 15) is 14.4 Å². The minimum atomic E-state index is -0.609. The molecule has 1 aliphatic heterocycles. The van der Waals surface area contributed by atoms with Crippen LogP contribution in [0.2, 0.25) is 0 Å². The van der Waals surface area contributed by atoms with Crippen molar-refractivity contribution in [3.8, 4) is 0 Å². The molecule has 2 atom stereocenters. The third kappa shape index (κ3) is 5.08. The Balaban J connectivity index is 1.40. The number of carbonyl (C=O) groups excluding carboxylic acids is 3. The first-order valence-electron chi connectivity index (χ1n) is 11.4. The molecule has 0 bridgehead atoms. The number of nitrogens with zero attached hydrogens (tertiary/aromatic N) is 2. The normalized spacial score (nSPS) is 28.8. The molecule has 3 N–H and O–H groups in total. The Morgan fingerprint density at radius 2 is 1.94 bits per heavy atom. The number of ether oxygens (including phenoxy) is 1. The minimum Gasteiger partial charge on any atom is -0.466 e. The topological polar surface area (TPSA) is 128 Å². The summed E-state index contributed by atoms with van der Waals surface area (Å²) < 4.78 is 10.5. The first kappa shape index (κ1) is 21.8. The van der Waals surface area contributed by atoms with Crippen LogP contribution < -0.4 is 11.1 Å². The van der Waals surface area contributed by atoms with Crippen molar-refractivity contribution < 1.29 is 23.6 Å². The van der Waals surface area contributed by atoms with Gasteiger partial charge in [0.15, 0.2) is 5.69 Å². The number of esters is 1. The van der Waals surface area contributed by atoms with E-state index in [0.29, 0.717) is 18.9 Å². The van der Waals surface area contributed by atoms with Gasteiger partial charge in [-0.25, -0.2) is 0 Å². The molecule has 0 radical (unpaired) electrons. The number of hydrogen-bond donors (Lipinski definition) is 2. The first-order valence-corrected chi connectivity index (χ1v) is 11.4. The van der Waals surface area contributed by atoms with Gasteiger partial charge < -0.3 is 25.2 Å². The van der Waals surface area contributed by atoms with Gasteiger partial charge in [0.25, 0.3) is 5.91 Å². The van der Waals surface area contributed by atoms with Crippen LogP contribution in [0.15, 0.2) is 10.6 Å². The second-order valence-electron chi connectivity index (χ2n) is 9.01. The molecule has 9 nitrogen and oxygen atoms in total. The number of rotatable bonds is 6. The lowest BCUT2D eigenvalue weighted by Gasteiger charge is -2.39. The van der Waals surface area contributed by atoms with E-state index in [1.807, 2.05) is 0 Å². The van der Waals surface area contributed by atoms with Crippen molar-refractivity contribution in [2.75, 3.05) is 19.7 Å². The zero-order valence-corrected chi connectivity index (χ0v) is 18.0. The number of nitrogens with two attached hydrogens (primary N) is 1.